The molecule has 108 valence electrons. The molecule has 0 bridgehead atoms. The summed E-state index contributed by atoms with van der Waals surface area (Å²) in [6.07, 6.45) is 1.65. The van der Waals surface area contributed by atoms with Crippen LogP contribution >= 0.6 is 0 Å². The molecule has 0 fully saturated rings. The first kappa shape index (κ1) is 14.7. The number of halogens is 1. The summed E-state index contributed by atoms with van der Waals surface area (Å²) < 4.78 is 18.5. The number of amides is 1. The van der Waals surface area contributed by atoms with E-state index in [1.165, 1.54) is 24.5 Å². The van der Waals surface area contributed by atoms with Crippen molar-refractivity contribution in [2.24, 2.45) is 5.73 Å². The number of hydrogen-bond acceptors (Lipinski definition) is 5. The van der Waals surface area contributed by atoms with Gasteiger partial charge in [-0.2, -0.15) is 4.98 Å². The molecule has 0 aliphatic rings. The highest BCUT2D eigenvalue weighted by molar-refractivity contribution is 5.94. The van der Waals surface area contributed by atoms with Gasteiger partial charge in [0.15, 0.2) is 6.33 Å². The van der Waals surface area contributed by atoms with Crippen LogP contribution in [0.4, 0.5) is 4.39 Å². The van der Waals surface area contributed by atoms with Crippen molar-refractivity contribution < 1.29 is 13.7 Å². The van der Waals surface area contributed by atoms with Crippen LogP contribution in [0.2, 0.25) is 0 Å². The van der Waals surface area contributed by atoms with Crippen molar-refractivity contribution in [3.8, 4) is 11.8 Å². The van der Waals surface area contributed by atoms with Crippen LogP contribution in [0.3, 0.4) is 0 Å². The first-order valence-corrected chi connectivity index (χ1v) is 6.23. The maximum Gasteiger partial charge on any atom is 0.254 e. The first-order chi connectivity index (χ1) is 10.2. The molecule has 1 aromatic carbocycles. The second kappa shape index (κ2) is 7.17. The molecule has 0 aliphatic carbocycles. The Labute approximate surface area is 120 Å². The Balaban J connectivity index is 2.00. The molecule has 0 unspecified atom stereocenters. The summed E-state index contributed by atoms with van der Waals surface area (Å²) in [5.41, 5.74) is 5.74. The van der Waals surface area contributed by atoms with E-state index in [-0.39, 0.29) is 18.7 Å². The van der Waals surface area contributed by atoms with Crippen LogP contribution in [0.25, 0.3) is 0 Å². The van der Waals surface area contributed by atoms with Gasteiger partial charge in [0.05, 0.1) is 12.1 Å². The van der Waals surface area contributed by atoms with E-state index in [2.05, 4.69) is 27.3 Å². The van der Waals surface area contributed by atoms with Crippen LogP contribution in [-0.4, -0.2) is 29.1 Å². The highest BCUT2D eigenvalue weighted by Gasteiger charge is 2.12. The van der Waals surface area contributed by atoms with Crippen LogP contribution in [0.5, 0.6) is 0 Å². The largest absolute Gasteiger partial charge is 0.351 e. The van der Waals surface area contributed by atoms with Gasteiger partial charge in [-0.1, -0.05) is 17.0 Å². The zero-order valence-electron chi connectivity index (χ0n) is 11.1. The Morgan fingerprint density at radius 2 is 2.33 bits per heavy atom. The Kier molecular flexibility index (Phi) is 5.01. The first-order valence-electron chi connectivity index (χ1n) is 6.23. The summed E-state index contributed by atoms with van der Waals surface area (Å²) in [5.74, 6) is 4.67. The molecule has 0 saturated carbocycles. The standard InChI is InChI=1S/C14H13FN4O2/c15-12-4-3-10(2-1-6-16)8-11(12)14(20)17-7-5-13-18-9-19-21-13/h3-4,8-9H,5-7,16H2,(H,17,20). The van der Waals surface area contributed by atoms with Gasteiger partial charge in [0.2, 0.25) is 5.89 Å². The number of carbonyl (C=O) groups excluding carboxylic acids is 1. The Hall–Kier alpha value is -2.72. The van der Waals surface area contributed by atoms with Gasteiger partial charge in [-0.05, 0) is 18.2 Å². The van der Waals surface area contributed by atoms with Gasteiger partial charge in [0, 0.05) is 18.5 Å². The van der Waals surface area contributed by atoms with Crippen LogP contribution in [0, 0.1) is 17.7 Å². The molecule has 2 aromatic rings. The molecule has 1 amide bonds. The van der Waals surface area contributed by atoms with E-state index in [9.17, 15) is 9.18 Å². The third-order valence-corrected chi connectivity index (χ3v) is 2.58. The fraction of sp³-hybridized carbons (Fsp3) is 0.214. The van der Waals surface area contributed by atoms with Crippen molar-refractivity contribution in [3.63, 3.8) is 0 Å². The highest BCUT2D eigenvalue weighted by atomic mass is 19.1. The van der Waals surface area contributed by atoms with E-state index in [1.807, 2.05) is 0 Å². The molecule has 21 heavy (non-hydrogen) atoms. The summed E-state index contributed by atoms with van der Waals surface area (Å²) >= 11 is 0. The minimum atomic E-state index is -0.608. The van der Waals surface area contributed by atoms with Gasteiger partial charge >= 0.3 is 0 Å². The SMILES string of the molecule is NCC#Cc1ccc(F)c(C(=O)NCCc2ncno2)c1. The molecule has 0 atom stereocenters. The lowest BCUT2D eigenvalue weighted by Crippen LogP contribution is -2.26. The van der Waals surface area contributed by atoms with Gasteiger partial charge in [-0.15, -0.1) is 0 Å². The average Bonchev–Trinajstić information content (AvgIpc) is 2.99. The van der Waals surface area contributed by atoms with E-state index in [0.717, 1.165) is 0 Å². The molecule has 0 radical (unpaired) electrons. The second-order valence-electron chi connectivity index (χ2n) is 4.04. The lowest BCUT2D eigenvalue weighted by molar-refractivity contribution is 0.0949. The molecule has 7 heteroatoms. The van der Waals surface area contributed by atoms with E-state index in [1.54, 1.807) is 0 Å². The normalized spacial score (nSPS) is 9.81. The summed E-state index contributed by atoms with van der Waals surface area (Å²) in [5, 5.41) is 6.03. The lowest BCUT2D eigenvalue weighted by atomic mass is 10.1. The molecule has 6 nitrogen and oxygen atoms in total. The molecule has 3 N–H and O–H groups in total. The van der Waals surface area contributed by atoms with Gasteiger partial charge in [-0.3, -0.25) is 4.79 Å². The van der Waals surface area contributed by atoms with Crippen molar-refractivity contribution >= 4 is 5.91 Å². The minimum Gasteiger partial charge on any atom is -0.351 e. The van der Waals surface area contributed by atoms with Gasteiger partial charge in [-0.25, -0.2) is 4.39 Å². The molecular formula is C14H13FN4O2. The Morgan fingerprint density at radius 3 is 3.05 bits per heavy atom. The number of nitrogens with one attached hydrogen (secondary N) is 1. The number of aromatic nitrogens is 2. The van der Waals surface area contributed by atoms with Crippen LogP contribution < -0.4 is 11.1 Å². The molecule has 1 heterocycles. The molecule has 0 saturated heterocycles. The van der Waals surface area contributed by atoms with Crippen LogP contribution in [0.15, 0.2) is 29.0 Å². The number of nitrogens with two attached hydrogens (primary N) is 1. The smallest absolute Gasteiger partial charge is 0.254 e. The van der Waals surface area contributed by atoms with Crippen molar-refractivity contribution in [1.29, 1.82) is 0 Å². The van der Waals surface area contributed by atoms with Crippen LogP contribution in [-0.2, 0) is 6.42 Å². The minimum absolute atomic E-state index is 0.0654. The number of rotatable bonds is 4. The zero-order valence-corrected chi connectivity index (χ0v) is 11.1. The van der Waals surface area contributed by atoms with Gasteiger partial charge < -0.3 is 15.6 Å². The number of nitrogens with zero attached hydrogens (tertiary/aromatic N) is 2. The predicted molar refractivity (Wildman–Crippen MR) is 72.7 cm³/mol. The Morgan fingerprint density at radius 1 is 1.48 bits per heavy atom. The van der Waals surface area contributed by atoms with E-state index in [4.69, 9.17) is 10.3 Å². The van der Waals surface area contributed by atoms with Crippen LogP contribution in [0.1, 0.15) is 21.8 Å². The van der Waals surface area contributed by atoms with Crippen molar-refractivity contribution in [2.45, 2.75) is 6.42 Å². The molecule has 1 aromatic heterocycles. The van der Waals surface area contributed by atoms with Gasteiger partial charge in [0.1, 0.15) is 5.82 Å². The fourth-order valence-corrected chi connectivity index (χ4v) is 1.61. The van der Waals surface area contributed by atoms with E-state index >= 15 is 0 Å². The summed E-state index contributed by atoms with van der Waals surface area (Å²) in [7, 11) is 0. The van der Waals surface area contributed by atoms with E-state index < -0.39 is 11.7 Å². The maximum absolute atomic E-state index is 13.7. The molecular weight excluding hydrogens is 275 g/mol. The van der Waals surface area contributed by atoms with Crippen molar-refractivity contribution in [3.05, 3.63) is 47.4 Å². The lowest BCUT2D eigenvalue weighted by Gasteiger charge is -2.05. The zero-order chi connectivity index (χ0) is 15.1. The summed E-state index contributed by atoms with van der Waals surface area (Å²) in [4.78, 5) is 15.7. The highest BCUT2D eigenvalue weighted by Crippen LogP contribution is 2.10. The Bertz CT molecular complexity index is 674. The summed E-state index contributed by atoms with van der Waals surface area (Å²) in [6.45, 7) is 0.461. The fourth-order valence-electron chi connectivity index (χ4n) is 1.61. The van der Waals surface area contributed by atoms with Gasteiger partial charge in [0.25, 0.3) is 5.91 Å². The monoisotopic (exact) mass is 288 g/mol. The molecule has 2 rings (SSSR count). The summed E-state index contributed by atoms with van der Waals surface area (Å²) in [6, 6.07) is 4.08. The molecule has 0 spiro atoms. The average molecular weight is 288 g/mol. The second-order valence-corrected chi connectivity index (χ2v) is 4.04. The third kappa shape index (κ3) is 4.12. The topological polar surface area (TPSA) is 94.0 Å². The number of carbonyl (C=O) groups is 1. The molecule has 0 aliphatic heterocycles. The predicted octanol–water partition coefficient (Wildman–Crippen LogP) is 0.491. The quantitative estimate of drug-likeness (QED) is 0.799. The third-order valence-electron chi connectivity index (χ3n) is 2.58. The number of benzene rings is 1. The number of hydrogen-bond donors (Lipinski definition) is 2. The van der Waals surface area contributed by atoms with Crippen molar-refractivity contribution in [1.82, 2.24) is 15.5 Å². The maximum atomic E-state index is 13.7. The van der Waals surface area contributed by atoms with E-state index in [0.29, 0.717) is 17.9 Å². The van der Waals surface area contributed by atoms with Crippen molar-refractivity contribution in [2.75, 3.05) is 13.1 Å².